The number of amides is 7. The van der Waals surface area contributed by atoms with Crippen molar-refractivity contribution in [3.63, 3.8) is 0 Å². The molecule has 23 heteroatoms. The monoisotopic (exact) mass is 931 g/mol. The van der Waals surface area contributed by atoms with Gasteiger partial charge in [-0.15, -0.1) is 0 Å². The third kappa shape index (κ3) is 16.6. The summed E-state index contributed by atoms with van der Waals surface area (Å²) in [4.78, 5) is 114. The Bertz CT molecular complexity index is 2020. The molecule has 1 aliphatic rings. The average molecular weight is 933 g/mol. The normalized spacial score (nSPS) is 17.6. The zero-order valence-corrected chi connectivity index (χ0v) is 35.9. The number of aliphatic imine (C=N–C) groups is 1. The molecular formula is C38H52N13O9Tc+. The van der Waals surface area contributed by atoms with E-state index in [1.807, 2.05) is 0 Å². The largest absolute Gasteiger partial charge is 0.481 e. The Balaban J connectivity index is 1.81. The van der Waals surface area contributed by atoms with E-state index in [0.717, 1.165) is 4.90 Å². The van der Waals surface area contributed by atoms with E-state index in [0.29, 0.717) is 42.8 Å². The topological polar surface area (TPSA) is 336 Å². The Morgan fingerprint density at radius 2 is 1.74 bits per heavy atom. The van der Waals surface area contributed by atoms with Crippen LogP contribution in [0.5, 0.6) is 0 Å². The smallest absolute Gasteiger partial charge is 0.305 e. The summed E-state index contributed by atoms with van der Waals surface area (Å²) in [5.41, 5.74) is 11.7. The number of nitrogens with two attached hydrogens (primary N) is 2. The summed E-state index contributed by atoms with van der Waals surface area (Å²) in [6, 6.07) is 3.66. The number of guanidine groups is 1. The summed E-state index contributed by atoms with van der Waals surface area (Å²) in [6.45, 7) is 3.00. The van der Waals surface area contributed by atoms with Gasteiger partial charge in [-0.05, 0) is 42.5 Å². The molecular weight excluding hydrogens is 880 g/mol. The predicted molar refractivity (Wildman–Crippen MR) is 216 cm³/mol. The van der Waals surface area contributed by atoms with Crippen molar-refractivity contribution >= 4 is 64.8 Å². The van der Waals surface area contributed by atoms with Crippen LogP contribution in [-0.2, 0) is 54.0 Å². The standard InChI is InChI=1S/C38H52N13O9.Tc/c1-21(2)32-37(60)51(3)27(8-7-13-43-38(39)40)36(59)46-20-30(53)48-26(17-31(54)55)35(58)45-18-22-14-24(34(57)49-32)16-25(15-22)47-29(52)9-5-4-6-12-42-33(56)23-10-11-28(50-41)44-19-23;/h10-11,14-16,19,21,26-27,32H,4-9,12-13,17-18,20H2,1-3H3,(H,42,56)(H,45,58)(H,46,59)(H,47,52)(H,48,53)(H,49,57)(H,54,55)(H4,39,40,43);/q-1;+2/t26-,27-,32+;/m0./s1. The van der Waals surface area contributed by atoms with Crippen molar-refractivity contribution in [2.45, 2.75) is 83.5 Å². The molecule has 0 spiro atoms. The second-order valence-electron chi connectivity index (χ2n) is 14.4. The number of fused-ring (bicyclic) bond motifs is 2. The first-order valence-corrected chi connectivity index (χ1v) is 20.2. The molecule has 22 nitrogen and oxygen atoms in total. The predicted octanol–water partition coefficient (Wildman–Crippen LogP) is -0.768. The second-order valence-corrected chi connectivity index (χ2v) is 14.7. The number of carbonyl (C=O) groups is 8. The van der Waals surface area contributed by atoms with Gasteiger partial charge in [0.05, 0.1) is 13.0 Å². The quantitative estimate of drug-likeness (QED) is 0.0330. The summed E-state index contributed by atoms with van der Waals surface area (Å²) in [6.07, 6.45) is 2.67. The van der Waals surface area contributed by atoms with Crippen LogP contribution < -0.4 is 46.8 Å². The van der Waals surface area contributed by atoms with Crippen LogP contribution in [0.4, 0.5) is 11.5 Å². The average Bonchev–Trinajstić information content (AvgIpc) is 3.21. The van der Waals surface area contributed by atoms with Crippen LogP contribution in [0.25, 0.3) is 0 Å². The fourth-order valence-corrected chi connectivity index (χ4v) is 6.25. The van der Waals surface area contributed by atoms with Gasteiger partial charge in [0.2, 0.25) is 29.5 Å². The molecule has 329 valence electrons. The van der Waals surface area contributed by atoms with Gasteiger partial charge in [-0.3, -0.25) is 38.6 Å². The molecule has 11 N–H and O–H groups in total. The maximum absolute atomic E-state index is 14.0. The number of hydrogen-bond donors (Lipinski definition) is 9. The van der Waals surface area contributed by atoms with Gasteiger partial charge < -0.3 is 48.1 Å². The fourth-order valence-electron chi connectivity index (χ4n) is 6.06. The molecule has 1 aliphatic heterocycles. The van der Waals surface area contributed by atoms with Gasteiger partial charge in [0.15, 0.2) is 5.96 Å². The number of anilines is 1. The number of hydrogen-bond acceptors (Lipinski definition) is 11. The first-order valence-electron chi connectivity index (χ1n) is 19.4. The van der Waals surface area contributed by atoms with Crippen LogP contribution in [-0.4, -0.2) is 113 Å². The summed E-state index contributed by atoms with van der Waals surface area (Å²) in [5.74, 6) is -6.12. The van der Waals surface area contributed by atoms with Crippen LogP contribution in [0.1, 0.15) is 85.1 Å². The third-order valence-electron chi connectivity index (χ3n) is 9.24. The Kier molecular flexibility index (Phi) is 19.7. The van der Waals surface area contributed by atoms with E-state index >= 15 is 0 Å². The maximum Gasteiger partial charge on any atom is 0.305 e. The fraction of sp³-hybridized carbons (Fsp3) is 0.474. The number of carbonyl (C=O) groups excluding carboxylic acids is 7. The summed E-state index contributed by atoms with van der Waals surface area (Å²) in [7, 11) is 1.38. The van der Waals surface area contributed by atoms with Crippen molar-refractivity contribution in [1.29, 1.82) is 0 Å². The number of likely N-dealkylation sites (N-methyl/N-ethyl adjacent to an activating group) is 1. The van der Waals surface area contributed by atoms with Crippen LogP contribution in [0, 0.1) is 5.92 Å². The Morgan fingerprint density at radius 1 is 1.00 bits per heavy atom. The zero-order chi connectivity index (χ0) is 45.1. The van der Waals surface area contributed by atoms with Crippen LogP contribution in [0.3, 0.4) is 0 Å². The van der Waals surface area contributed by atoms with E-state index in [4.69, 9.17) is 11.5 Å². The Morgan fingerprint density at radius 3 is 2.39 bits per heavy atom. The van der Waals surface area contributed by atoms with Crippen LogP contribution >= 0.6 is 0 Å². The number of pyridine rings is 1. The molecule has 0 unspecified atom stereocenters. The zero-order valence-electron chi connectivity index (χ0n) is 34.0. The third-order valence-corrected chi connectivity index (χ3v) is 9.43. The number of aromatic nitrogens is 1. The molecule has 1 aromatic carbocycles. The first kappa shape index (κ1) is 48.9. The van der Waals surface area contributed by atoms with E-state index in [-0.39, 0.29) is 61.4 Å². The number of rotatable bonds is 16. The number of aliphatic carboxylic acids is 1. The van der Waals surface area contributed by atoms with Crippen molar-refractivity contribution in [2.75, 3.05) is 32.0 Å². The first-order chi connectivity index (χ1) is 29.0. The van der Waals surface area contributed by atoms with Gasteiger partial charge in [0, 0.05) is 37.8 Å². The van der Waals surface area contributed by atoms with Gasteiger partial charge in [-0.2, -0.15) is 0 Å². The van der Waals surface area contributed by atoms with Crippen LogP contribution in [0.2, 0.25) is 0 Å². The number of carboxylic acid groups (broad SMARTS) is 1. The molecule has 0 aliphatic carbocycles. The van der Waals surface area contributed by atoms with E-state index < -0.39 is 72.5 Å². The maximum atomic E-state index is 14.0. The molecule has 61 heavy (non-hydrogen) atoms. The molecule has 0 saturated heterocycles. The summed E-state index contributed by atoms with van der Waals surface area (Å²) >= 11 is 1.72. The van der Waals surface area contributed by atoms with Gasteiger partial charge >= 0.3 is 110 Å². The Labute approximate surface area is 361 Å². The molecule has 2 bridgehead atoms. The number of benzene rings is 1. The molecule has 0 fully saturated rings. The van der Waals surface area contributed by atoms with E-state index in [1.165, 1.54) is 31.4 Å². The van der Waals surface area contributed by atoms with Gasteiger partial charge in [-0.1, -0.05) is 13.8 Å². The molecule has 3 atom stereocenters. The molecule has 2 heterocycles. The van der Waals surface area contributed by atoms with Crippen LogP contribution in [0.15, 0.2) is 46.6 Å². The van der Waals surface area contributed by atoms with Crippen molar-refractivity contribution in [3.05, 3.63) is 53.2 Å². The summed E-state index contributed by atoms with van der Waals surface area (Å²) < 4.78 is 3.61. The van der Waals surface area contributed by atoms with Gasteiger partial charge in [0.1, 0.15) is 18.1 Å². The van der Waals surface area contributed by atoms with E-state index in [2.05, 4.69) is 50.4 Å². The number of unbranched alkanes of at least 4 members (excludes halogenated alkanes) is 2. The molecule has 0 radical (unpaired) electrons. The summed E-state index contributed by atoms with van der Waals surface area (Å²) in [5, 5.41) is 28.9. The van der Waals surface area contributed by atoms with Crippen molar-refractivity contribution < 1.29 is 62.2 Å². The number of nitrogens with zero attached hydrogens (tertiary/aromatic N) is 5. The Hall–Kier alpha value is -6.44. The van der Waals surface area contributed by atoms with Gasteiger partial charge in [0.25, 0.3) is 5.91 Å². The van der Waals surface area contributed by atoms with Gasteiger partial charge in [-0.25, -0.2) is 0 Å². The molecule has 3 rings (SSSR count). The minimum atomic E-state index is -1.55. The van der Waals surface area contributed by atoms with E-state index in [9.17, 15) is 43.5 Å². The number of nitrogens with one attached hydrogen (secondary N) is 6. The molecule has 1 aromatic heterocycles. The minimum absolute atomic E-state index is 0.0150. The minimum Gasteiger partial charge on any atom is -0.481 e. The molecule has 2 aromatic rings. The van der Waals surface area contributed by atoms with Crippen molar-refractivity contribution in [3.8, 4) is 0 Å². The molecule has 0 saturated carbocycles. The van der Waals surface area contributed by atoms with E-state index in [1.54, 1.807) is 44.7 Å². The molecule has 7 amide bonds. The second kappa shape index (κ2) is 24.6. The number of carboxylic acids is 1. The van der Waals surface area contributed by atoms with Crippen molar-refractivity contribution in [1.82, 2.24) is 39.9 Å². The van der Waals surface area contributed by atoms with Crippen molar-refractivity contribution in [2.24, 2.45) is 27.5 Å². The SMILES string of the molecule is CC(C)[C@H]1NC(=O)c2cc(cc(NC(=O)CCCCCNC(=O)c3ccc(N=[N+]=[Tc])nc3)c2)CNC(=O)[C@H](CC(=O)O)NC(=O)CNC(=O)[C@H](CCCN=C(N)N)N(C)C1=O.